The van der Waals surface area contributed by atoms with Crippen molar-refractivity contribution >= 4 is 11.6 Å². The molecule has 0 aromatic heterocycles. The van der Waals surface area contributed by atoms with Crippen LogP contribution in [0.2, 0.25) is 0 Å². The van der Waals surface area contributed by atoms with Crippen molar-refractivity contribution in [2.24, 2.45) is 5.41 Å². The van der Waals surface area contributed by atoms with Crippen LogP contribution >= 0.6 is 0 Å². The van der Waals surface area contributed by atoms with Crippen molar-refractivity contribution in [3.63, 3.8) is 0 Å². The molecule has 1 saturated carbocycles. The van der Waals surface area contributed by atoms with Crippen LogP contribution in [-0.2, 0) is 4.79 Å². The molecular formula is C21H30N2O3. The van der Waals surface area contributed by atoms with Crippen LogP contribution in [0.1, 0.15) is 44.9 Å². The fourth-order valence-corrected chi connectivity index (χ4v) is 5.09. The number of ether oxygens (including phenoxy) is 1. The first-order valence-electron chi connectivity index (χ1n) is 9.99. The number of piperidine rings is 1. The number of rotatable bonds is 3. The number of benzene rings is 1. The minimum Gasteiger partial charge on any atom is -0.497 e. The van der Waals surface area contributed by atoms with Crippen molar-refractivity contribution < 1.29 is 14.6 Å². The number of nitrogens with zero attached hydrogens (tertiary/aromatic N) is 2. The molecule has 26 heavy (non-hydrogen) atoms. The molecule has 1 aromatic rings. The SMILES string of the molecule is COc1ccc(N2CCC[C@@]3(CCN(C4CCC(O)CC4)C3=O)C2)cc1. The number of methoxy groups -OCH3 is 1. The third-order valence-corrected chi connectivity index (χ3v) is 6.67. The molecule has 1 amide bonds. The van der Waals surface area contributed by atoms with Gasteiger partial charge < -0.3 is 19.6 Å². The number of aliphatic hydroxyl groups excluding tert-OH is 1. The van der Waals surface area contributed by atoms with Gasteiger partial charge >= 0.3 is 0 Å². The maximum absolute atomic E-state index is 13.4. The highest BCUT2D eigenvalue weighted by atomic mass is 16.5. The molecular weight excluding hydrogens is 328 g/mol. The van der Waals surface area contributed by atoms with E-state index in [-0.39, 0.29) is 11.5 Å². The number of carbonyl (C=O) groups is 1. The highest BCUT2D eigenvalue weighted by Gasteiger charge is 2.50. The number of hydrogen-bond acceptors (Lipinski definition) is 4. The van der Waals surface area contributed by atoms with Gasteiger partial charge in [0.05, 0.1) is 18.6 Å². The van der Waals surface area contributed by atoms with E-state index in [0.717, 1.165) is 70.3 Å². The van der Waals surface area contributed by atoms with E-state index in [0.29, 0.717) is 11.9 Å². The molecule has 0 unspecified atom stereocenters. The average molecular weight is 358 g/mol. The normalized spacial score (nSPS) is 32.3. The third-order valence-electron chi connectivity index (χ3n) is 6.67. The van der Waals surface area contributed by atoms with Gasteiger partial charge in [-0.2, -0.15) is 0 Å². The molecule has 1 spiro atoms. The molecule has 2 heterocycles. The summed E-state index contributed by atoms with van der Waals surface area (Å²) in [7, 11) is 1.68. The van der Waals surface area contributed by atoms with E-state index in [2.05, 4.69) is 21.9 Å². The summed E-state index contributed by atoms with van der Waals surface area (Å²) < 4.78 is 5.26. The lowest BCUT2D eigenvalue weighted by Gasteiger charge is -2.41. The predicted octanol–water partition coefficient (Wildman–Crippen LogP) is 2.82. The summed E-state index contributed by atoms with van der Waals surface area (Å²) in [6.45, 7) is 2.72. The van der Waals surface area contributed by atoms with Gasteiger partial charge in [-0.15, -0.1) is 0 Å². The molecule has 0 bridgehead atoms. The Labute approximate surface area is 155 Å². The Morgan fingerprint density at radius 1 is 1.08 bits per heavy atom. The van der Waals surface area contributed by atoms with Crippen LogP contribution in [0.25, 0.3) is 0 Å². The Morgan fingerprint density at radius 2 is 1.81 bits per heavy atom. The van der Waals surface area contributed by atoms with E-state index >= 15 is 0 Å². The summed E-state index contributed by atoms with van der Waals surface area (Å²) in [5.41, 5.74) is 0.964. The third kappa shape index (κ3) is 3.18. The molecule has 1 aliphatic carbocycles. The smallest absolute Gasteiger partial charge is 0.230 e. The van der Waals surface area contributed by atoms with Crippen molar-refractivity contribution in [2.45, 2.75) is 57.1 Å². The monoisotopic (exact) mass is 358 g/mol. The number of likely N-dealkylation sites (tertiary alicyclic amines) is 1. The van der Waals surface area contributed by atoms with Crippen LogP contribution in [0, 0.1) is 5.41 Å². The minimum atomic E-state index is -0.214. The van der Waals surface area contributed by atoms with Crippen LogP contribution in [0.4, 0.5) is 5.69 Å². The van der Waals surface area contributed by atoms with Gasteiger partial charge in [-0.05, 0) is 69.2 Å². The second kappa shape index (κ2) is 7.10. The molecule has 3 fully saturated rings. The number of hydrogen-bond donors (Lipinski definition) is 1. The summed E-state index contributed by atoms with van der Waals surface area (Å²) in [4.78, 5) is 17.9. The Bertz CT molecular complexity index is 639. The predicted molar refractivity (Wildman–Crippen MR) is 101 cm³/mol. The fraction of sp³-hybridized carbons (Fsp3) is 0.667. The second-order valence-corrected chi connectivity index (χ2v) is 8.21. The number of carbonyl (C=O) groups excluding carboxylic acids is 1. The zero-order valence-corrected chi connectivity index (χ0v) is 15.7. The van der Waals surface area contributed by atoms with E-state index < -0.39 is 0 Å². The molecule has 4 rings (SSSR count). The Balaban J connectivity index is 1.46. The molecule has 5 nitrogen and oxygen atoms in total. The quantitative estimate of drug-likeness (QED) is 0.903. The van der Waals surface area contributed by atoms with E-state index in [1.807, 2.05) is 12.1 Å². The molecule has 5 heteroatoms. The lowest BCUT2D eigenvalue weighted by Crippen LogP contribution is -2.50. The second-order valence-electron chi connectivity index (χ2n) is 8.21. The largest absolute Gasteiger partial charge is 0.497 e. The van der Waals surface area contributed by atoms with Gasteiger partial charge in [0.25, 0.3) is 0 Å². The number of anilines is 1. The number of aliphatic hydroxyl groups is 1. The van der Waals surface area contributed by atoms with Crippen LogP contribution in [0.15, 0.2) is 24.3 Å². The summed E-state index contributed by atoms with van der Waals surface area (Å²) in [5, 5.41) is 9.76. The number of amides is 1. The van der Waals surface area contributed by atoms with Gasteiger partial charge in [-0.25, -0.2) is 0 Å². The van der Waals surface area contributed by atoms with Crippen LogP contribution in [-0.4, -0.2) is 54.8 Å². The minimum absolute atomic E-state index is 0.168. The summed E-state index contributed by atoms with van der Waals surface area (Å²) in [6.07, 6.45) is 6.43. The van der Waals surface area contributed by atoms with Crippen molar-refractivity contribution in [2.75, 3.05) is 31.6 Å². The van der Waals surface area contributed by atoms with Gasteiger partial charge in [0, 0.05) is 31.4 Å². The maximum Gasteiger partial charge on any atom is 0.230 e. The Hall–Kier alpha value is -1.75. The van der Waals surface area contributed by atoms with Crippen LogP contribution in [0.5, 0.6) is 5.75 Å². The van der Waals surface area contributed by atoms with Crippen LogP contribution in [0.3, 0.4) is 0 Å². The Kier molecular flexibility index (Phi) is 4.82. The first-order chi connectivity index (χ1) is 12.6. The topological polar surface area (TPSA) is 53.0 Å². The van der Waals surface area contributed by atoms with Gasteiger partial charge in [0.2, 0.25) is 5.91 Å². The van der Waals surface area contributed by atoms with Gasteiger partial charge in [-0.1, -0.05) is 0 Å². The lowest BCUT2D eigenvalue weighted by atomic mass is 9.78. The molecule has 1 aromatic carbocycles. The lowest BCUT2D eigenvalue weighted by molar-refractivity contribution is -0.139. The van der Waals surface area contributed by atoms with Crippen LogP contribution < -0.4 is 9.64 Å². The molecule has 2 saturated heterocycles. The highest BCUT2D eigenvalue weighted by molar-refractivity contribution is 5.86. The van der Waals surface area contributed by atoms with E-state index in [9.17, 15) is 9.90 Å². The van der Waals surface area contributed by atoms with E-state index in [4.69, 9.17) is 4.74 Å². The highest BCUT2D eigenvalue weighted by Crippen LogP contribution is 2.43. The maximum atomic E-state index is 13.4. The summed E-state index contributed by atoms with van der Waals surface area (Å²) >= 11 is 0. The molecule has 0 radical (unpaired) electrons. The zero-order chi connectivity index (χ0) is 18.1. The molecule has 1 atom stereocenters. The van der Waals surface area contributed by atoms with Crippen molar-refractivity contribution in [1.82, 2.24) is 4.90 Å². The molecule has 142 valence electrons. The fourth-order valence-electron chi connectivity index (χ4n) is 5.09. The molecule has 3 aliphatic rings. The van der Waals surface area contributed by atoms with Gasteiger partial charge in [-0.3, -0.25) is 4.79 Å². The first kappa shape index (κ1) is 17.7. The molecule has 2 aliphatic heterocycles. The van der Waals surface area contributed by atoms with Crippen molar-refractivity contribution in [1.29, 1.82) is 0 Å². The van der Waals surface area contributed by atoms with Crippen molar-refractivity contribution in [3.8, 4) is 5.75 Å². The first-order valence-corrected chi connectivity index (χ1v) is 9.99. The van der Waals surface area contributed by atoms with Gasteiger partial charge in [0.1, 0.15) is 5.75 Å². The van der Waals surface area contributed by atoms with E-state index in [1.165, 1.54) is 5.69 Å². The van der Waals surface area contributed by atoms with Crippen molar-refractivity contribution in [3.05, 3.63) is 24.3 Å². The average Bonchev–Trinajstić information content (AvgIpc) is 2.98. The standard InChI is InChI=1S/C21H30N2O3/c1-26-19-9-5-16(6-10-19)22-13-2-11-21(15-22)12-14-23(20(21)25)17-3-7-18(24)8-4-17/h5-6,9-10,17-18,24H,2-4,7-8,11-15H2,1H3/t17?,18?,21-/m1/s1. The van der Waals surface area contributed by atoms with Gasteiger partial charge in [0.15, 0.2) is 0 Å². The zero-order valence-electron chi connectivity index (χ0n) is 15.7. The summed E-state index contributed by atoms with van der Waals surface area (Å²) in [5.74, 6) is 1.22. The molecule has 1 N–H and O–H groups in total. The Morgan fingerprint density at radius 3 is 2.50 bits per heavy atom. The van der Waals surface area contributed by atoms with E-state index in [1.54, 1.807) is 7.11 Å². The summed E-state index contributed by atoms with van der Waals surface area (Å²) in [6, 6.07) is 8.51.